The van der Waals surface area contributed by atoms with Gasteiger partial charge in [-0.2, -0.15) is 20.2 Å². The highest BCUT2D eigenvalue weighted by atomic mass is 15.4. The molecule has 1 fully saturated rings. The van der Waals surface area contributed by atoms with Crippen LogP contribution in [-0.2, 0) is 0 Å². The van der Waals surface area contributed by atoms with Gasteiger partial charge in [0.1, 0.15) is 6.04 Å². The van der Waals surface area contributed by atoms with Crippen LogP contribution < -0.4 is 20.9 Å². The summed E-state index contributed by atoms with van der Waals surface area (Å²) in [5, 5.41) is 18.6. The van der Waals surface area contributed by atoms with Gasteiger partial charge < -0.3 is 20.4 Å². The van der Waals surface area contributed by atoms with Crippen molar-refractivity contribution in [3.05, 3.63) is 97.1 Å². The highest BCUT2D eigenvalue weighted by molar-refractivity contribution is 5.82. The summed E-state index contributed by atoms with van der Waals surface area (Å²) in [6.45, 7) is 11.2. The molecule has 2 aromatic carbocycles. The van der Waals surface area contributed by atoms with Crippen molar-refractivity contribution in [1.29, 1.82) is 5.26 Å². The van der Waals surface area contributed by atoms with Gasteiger partial charge in [-0.25, -0.2) is 4.99 Å². The molecule has 0 saturated carbocycles. The molecule has 38 heavy (non-hydrogen) atoms. The van der Waals surface area contributed by atoms with E-state index in [9.17, 15) is 5.26 Å². The summed E-state index contributed by atoms with van der Waals surface area (Å²) < 4.78 is 0. The second kappa shape index (κ2) is 13.4. The molecule has 2 heterocycles. The van der Waals surface area contributed by atoms with Crippen LogP contribution in [0, 0.1) is 11.5 Å². The molecule has 3 N–H and O–H groups in total. The van der Waals surface area contributed by atoms with Crippen molar-refractivity contribution in [3.8, 4) is 6.19 Å². The number of aliphatic imine (C=N–C) groups is 1. The molecule has 1 aromatic heterocycles. The molecular formula is C28H32N10. The Morgan fingerprint density at radius 2 is 1.39 bits per heavy atom. The van der Waals surface area contributed by atoms with Crippen molar-refractivity contribution in [3.63, 3.8) is 0 Å². The minimum Gasteiger partial charge on any atom is -0.351 e. The Balaban J connectivity index is 1.54. The van der Waals surface area contributed by atoms with Gasteiger partial charge in [-0.1, -0.05) is 72.8 Å². The first-order valence-electron chi connectivity index (χ1n) is 12.5. The van der Waals surface area contributed by atoms with E-state index in [1.54, 1.807) is 12.2 Å². The fourth-order valence-corrected chi connectivity index (χ4v) is 4.09. The molecule has 0 spiro atoms. The van der Waals surface area contributed by atoms with Crippen molar-refractivity contribution in [2.24, 2.45) is 4.99 Å². The largest absolute Gasteiger partial charge is 0.351 e. The van der Waals surface area contributed by atoms with Crippen LogP contribution in [0.25, 0.3) is 0 Å². The first kappa shape index (κ1) is 26.2. The molecule has 0 radical (unpaired) electrons. The van der Waals surface area contributed by atoms with E-state index in [2.05, 4.69) is 84.3 Å². The molecule has 10 nitrogen and oxygen atoms in total. The Kier molecular flexibility index (Phi) is 9.23. The smallest absolute Gasteiger partial charge is 0.232 e. The average molecular weight is 509 g/mol. The maximum Gasteiger partial charge on any atom is 0.232 e. The molecule has 1 aliphatic heterocycles. The van der Waals surface area contributed by atoms with Crippen molar-refractivity contribution in [2.45, 2.75) is 6.04 Å². The molecule has 0 bridgehead atoms. The first-order valence-corrected chi connectivity index (χ1v) is 12.5. The summed E-state index contributed by atoms with van der Waals surface area (Å²) in [6, 6.07) is 20.0. The number of aromatic nitrogens is 3. The number of benzene rings is 2. The van der Waals surface area contributed by atoms with Crippen LogP contribution >= 0.6 is 0 Å². The van der Waals surface area contributed by atoms with E-state index < -0.39 is 0 Å². The molecule has 0 aliphatic carbocycles. The minimum absolute atomic E-state index is 0.244. The standard InChI is InChI=1S/C28H32N10/c1-3-15-30-25-34-26(31-16-4-2)36-28(35-25)38-19-17-37(18-20-38)27(32-21-29)33-24(22-11-7-5-8-12-22)23-13-9-6-10-14-23/h3-14,24H,1-2,15-20H2,(H,32,33)(H2,30,31,34,35,36). The van der Waals surface area contributed by atoms with Crippen LogP contribution in [0.3, 0.4) is 0 Å². The zero-order valence-electron chi connectivity index (χ0n) is 21.3. The van der Waals surface area contributed by atoms with Crippen LogP contribution in [0.1, 0.15) is 17.2 Å². The number of rotatable bonds is 10. The van der Waals surface area contributed by atoms with Crippen molar-refractivity contribution in [1.82, 2.24) is 25.2 Å². The highest BCUT2D eigenvalue weighted by Gasteiger charge is 2.24. The van der Waals surface area contributed by atoms with E-state index in [1.165, 1.54) is 0 Å². The number of nitriles is 1. The van der Waals surface area contributed by atoms with E-state index in [1.807, 2.05) is 36.4 Å². The van der Waals surface area contributed by atoms with Gasteiger partial charge >= 0.3 is 0 Å². The minimum atomic E-state index is -0.244. The Hall–Kier alpha value is -4.91. The Morgan fingerprint density at radius 3 is 1.87 bits per heavy atom. The zero-order chi connectivity index (χ0) is 26.6. The number of piperazine rings is 1. The number of hydrogen-bond donors (Lipinski definition) is 3. The van der Waals surface area contributed by atoms with Gasteiger partial charge in [0.15, 0.2) is 6.19 Å². The quantitative estimate of drug-likeness (QED) is 0.124. The molecule has 1 saturated heterocycles. The number of nitrogens with zero attached hydrogens (tertiary/aromatic N) is 7. The molecule has 0 atom stereocenters. The van der Waals surface area contributed by atoms with Crippen LogP contribution in [0.15, 0.2) is 91.0 Å². The van der Waals surface area contributed by atoms with E-state index in [0.717, 1.165) is 11.1 Å². The summed E-state index contributed by atoms with van der Waals surface area (Å²) in [7, 11) is 0. The second-order valence-electron chi connectivity index (χ2n) is 8.51. The molecular weight excluding hydrogens is 476 g/mol. The van der Waals surface area contributed by atoms with Gasteiger partial charge in [0.2, 0.25) is 23.8 Å². The number of anilines is 3. The SMILES string of the molecule is C=CCNc1nc(NCC=C)nc(N2CCN(C(=NC(c3ccccc3)c3ccccc3)NC#N)CC2)n1. The Bertz CT molecular complexity index is 1190. The van der Waals surface area contributed by atoms with Gasteiger partial charge in [0.05, 0.1) is 0 Å². The van der Waals surface area contributed by atoms with Crippen LogP contribution in [0.5, 0.6) is 0 Å². The van der Waals surface area contributed by atoms with Crippen LogP contribution in [-0.4, -0.2) is 65.1 Å². The molecule has 1 aliphatic rings. The number of nitrogens with one attached hydrogen (secondary N) is 3. The maximum atomic E-state index is 9.52. The first-order chi connectivity index (χ1) is 18.7. The number of hydrogen-bond acceptors (Lipinski definition) is 8. The van der Waals surface area contributed by atoms with Crippen molar-refractivity contribution < 1.29 is 0 Å². The summed E-state index contributed by atoms with van der Waals surface area (Å²) in [5.74, 6) is 2.08. The van der Waals surface area contributed by atoms with Crippen molar-refractivity contribution >= 4 is 23.8 Å². The third kappa shape index (κ3) is 6.85. The van der Waals surface area contributed by atoms with Gasteiger partial charge in [-0.05, 0) is 11.1 Å². The van der Waals surface area contributed by atoms with Crippen LogP contribution in [0.2, 0.25) is 0 Å². The van der Waals surface area contributed by atoms with Gasteiger partial charge in [0.25, 0.3) is 0 Å². The highest BCUT2D eigenvalue weighted by Crippen LogP contribution is 2.26. The summed E-state index contributed by atoms with van der Waals surface area (Å²) in [5.41, 5.74) is 2.11. The normalized spacial score (nSPS) is 13.5. The fraction of sp³-hybridized carbons (Fsp3) is 0.250. The maximum absolute atomic E-state index is 9.52. The van der Waals surface area contributed by atoms with Gasteiger partial charge in [-0.15, -0.1) is 13.2 Å². The predicted octanol–water partition coefficient (Wildman–Crippen LogP) is 3.41. The van der Waals surface area contributed by atoms with E-state index in [4.69, 9.17) is 4.99 Å². The molecule has 10 heteroatoms. The lowest BCUT2D eigenvalue weighted by atomic mass is 9.99. The molecule has 0 amide bonds. The summed E-state index contributed by atoms with van der Waals surface area (Å²) in [6.07, 6.45) is 5.57. The van der Waals surface area contributed by atoms with Crippen molar-refractivity contribution in [2.75, 3.05) is 54.8 Å². The Morgan fingerprint density at radius 1 is 0.868 bits per heavy atom. The predicted molar refractivity (Wildman–Crippen MR) is 152 cm³/mol. The Labute approximate surface area is 223 Å². The third-order valence-electron chi connectivity index (χ3n) is 5.94. The molecule has 0 unspecified atom stereocenters. The average Bonchev–Trinajstić information content (AvgIpc) is 2.98. The zero-order valence-corrected chi connectivity index (χ0v) is 21.3. The lowest BCUT2D eigenvalue weighted by molar-refractivity contribution is 0.373. The topological polar surface area (TPSA) is 117 Å². The van der Waals surface area contributed by atoms with Gasteiger partial charge in [0, 0.05) is 39.3 Å². The van der Waals surface area contributed by atoms with Crippen LogP contribution in [0.4, 0.5) is 17.8 Å². The number of guanidine groups is 1. The fourth-order valence-electron chi connectivity index (χ4n) is 4.09. The molecule has 194 valence electrons. The van der Waals surface area contributed by atoms with Gasteiger partial charge in [-0.3, -0.25) is 5.32 Å². The third-order valence-corrected chi connectivity index (χ3v) is 5.94. The lowest BCUT2D eigenvalue weighted by Crippen LogP contribution is -2.52. The lowest BCUT2D eigenvalue weighted by Gasteiger charge is -2.36. The molecule has 3 aromatic rings. The summed E-state index contributed by atoms with van der Waals surface area (Å²) >= 11 is 0. The summed E-state index contributed by atoms with van der Waals surface area (Å²) in [4.78, 5) is 22.8. The van der Waals surface area contributed by atoms with E-state index >= 15 is 0 Å². The molecule has 4 rings (SSSR count). The van der Waals surface area contributed by atoms with E-state index in [0.29, 0.717) is 63.1 Å². The second-order valence-corrected chi connectivity index (χ2v) is 8.51. The monoisotopic (exact) mass is 508 g/mol. The van der Waals surface area contributed by atoms with E-state index in [-0.39, 0.29) is 6.04 Å².